The van der Waals surface area contributed by atoms with Gasteiger partial charge >= 0.3 is 12.1 Å². The van der Waals surface area contributed by atoms with E-state index in [1.807, 2.05) is 24.3 Å². The van der Waals surface area contributed by atoms with Crippen molar-refractivity contribution >= 4 is 18.0 Å². The molecule has 4 rings (SSSR count). The minimum absolute atomic E-state index is 0.00767. The van der Waals surface area contributed by atoms with Gasteiger partial charge in [0.2, 0.25) is 5.91 Å². The number of fused-ring (bicyclic) bond motifs is 3. The van der Waals surface area contributed by atoms with Gasteiger partial charge in [-0.05, 0) is 35.1 Å². The number of benzene rings is 2. The molecule has 2 aliphatic carbocycles. The van der Waals surface area contributed by atoms with Gasteiger partial charge in [0, 0.05) is 32.0 Å². The van der Waals surface area contributed by atoms with E-state index in [9.17, 15) is 14.4 Å². The first-order chi connectivity index (χ1) is 15.0. The summed E-state index contributed by atoms with van der Waals surface area (Å²) in [6.45, 7) is 0.404. The van der Waals surface area contributed by atoms with E-state index >= 15 is 0 Å². The summed E-state index contributed by atoms with van der Waals surface area (Å²) < 4.78 is 5.46. The number of aliphatic carboxylic acids is 1. The molecule has 0 bridgehead atoms. The van der Waals surface area contributed by atoms with E-state index in [1.165, 1.54) is 11.1 Å². The summed E-state index contributed by atoms with van der Waals surface area (Å²) in [4.78, 5) is 36.9. The minimum Gasteiger partial charge on any atom is -0.481 e. The summed E-state index contributed by atoms with van der Waals surface area (Å²) in [6, 6.07) is 16.2. The molecule has 0 heterocycles. The molecule has 1 saturated carbocycles. The fraction of sp³-hybridized carbons (Fsp3) is 0.375. The Hall–Kier alpha value is -3.35. The highest BCUT2D eigenvalue weighted by Gasteiger charge is 2.38. The number of hydrogen-bond donors (Lipinski definition) is 2. The molecule has 2 aromatic rings. The van der Waals surface area contributed by atoms with Crippen molar-refractivity contribution in [3.63, 3.8) is 0 Å². The molecule has 31 heavy (non-hydrogen) atoms. The summed E-state index contributed by atoms with van der Waals surface area (Å²) in [5, 5.41) is 11.6. The zero-order chi connectivity index (χ0) is 22.0. The van der Waals surface area contributed by atoms with Crippen molar-refractivity contribution in [3.05, 3.63) is 59.7 Å². The molecule has 0 atom stereocenters. The quantitative estimate of drug-likeness (QED) is 0.714. The monoisotopic (exact) mass is 422 g/mol. The van der Waals surface area contributed by atoms with Crippen LogP contribution in [-0.4, -0.2) is 54.2 Å². The second kappa shape index (κ2) is 8.79. The third kappa shape index (κ3) is 4.26. The molecule has 2 aliphatic rings. The molecule has 162 valence electrons. The first-order valence-corrected chi connectivity index (χ1v) is 10.5. The third-order valence-corrected chi connectivity index (χ3v) is 6.36. The number of carbonyl (C=O) groups excluding carboxylic acids is 2. The molecule has 1 fully saturated rings. The Kier molecular flexibility index (Phi) is 5.93. The van der Waals surface area contributed by atoms with Gasteiger partial charge in [-0.1, -0.05) is 48.5 Å². The van der Waals surface area contributed by atoms with Crippen molar-refractivity contribution in [3.8, 4) is 11.1 Å². The predicted molar refractivity (Wildman–Crippen MR) is 115 cm³/mol. The van der Waals surface area contributed by atoms with Crippen LogP contribution in [0.25, 0.3) is 11.1 Å². The molecule has 0 radical (unpaired) electrons. The van der Waals surface area contributed by atoms with Crippen molar-refractivity contribution in [2.45, 2.75) is 31.2 Å². The fourth-order valence-corrected chi connectivity index (χ4v) is 4.41. The highest BCUT2D eigenvalue weighted by atomic mass is 16.5. The maximum Gasteiger partial charge on any atom is 0.407 e. The predicted octanol–water partition coefficient (Wildman–Crippen LogP) is 3.24. The lowest BCUT2D eigenvalue weighted by atomic mass is 9.79. The highest BCUT2D eigenvalue weighted by molar-refractivity contribution is 5.80. The molecule has 7 heteroatoms. The largest absolute Gasteiger partial charge is 0.481 e. The summed E-state index contributed by atoms with van der Waals surface area (Å²) in [6.07, 6.45) is 0.566. The molecule has 0 aliphatic heterocycles. The number of hydrogen-bond acceptors (Lipinski definition) is 4. The summed E-state index contributed by atoms with van der Waals surface area (Å²) in [5.41, 5.74) is 4.63. The zero-order valence-electron chi connectivity index (χ0n) is 17.4. The van der Waals surface area contributed by atoms with Crippen molar-refractivity contribution in [2.75, 3.05) is 20.2 Å². The first kappa shape index (κ1) is 20.9. The smallest absolute Gasteiger partial charge is 0.407 e. The first-order valence-electron chi connectivity index (χ1n) is 10.5. The molecular weight excluding hydrogens is 396 g/mol. The maximum absolute atomic E-state index is 12.3. The van der Waals surface area contributed by atoms with Crippen LogP contribution in [0.15, 0.2) is 48.5 Å². The van der Waals surface area contributed by atoms with Crippen LogP contribution in [0, 0.1) is 5.92 Å². The lowest BCUT2D eigenvalue weighted by molar-refractivity contribution is -0.150. The van der Waals surface area contributed by atoms with Gasteiger partial charge in [-0.3, -0.25) is 9.59 Å². The van der Waals surface area contributed by atoms with Crippen LogP contribution in [0.2, 0.25) is 0 Å². The molecule has 2 N–H and O–H groups in total. The standard InChI is InChI=1S/C24H26N2O5/c1-26(16-12-15(13-16)23(28)29)22(27)10-11-25-24(30)31-14-21-19-8-4-2-6-17(19)18-7-3-5-9-20(18)21/h2-9,15-16,21H,10-14H2,1H3,(H,25,30)(H,28,29). The van der Waals surface area contributed by atoms with E-state index in [2.05, 4.69) is 29.6 Å². The molecule has 0 spiro atoms. The normalized spacial score (nSPS) is 19.0. The van der Waals surface area contributed by atoms with Crippen LogP contribution < -0.4 is 5.32 Å². The molecule has 0 saturated heterocycles. The number of carbonyl (C=O) groups is 3. The summed E-state index contributed by atoms with van der Waals surface area (Å²) >= 11 is 0. The van der Waals surface area contributed by atoms with Crippen LogP contribution in [-0.2, 0) is 14.3 Å². The Labute approximate surface area is 181 Å². The van der Waals surface area contributed by atoms with Crippen LogP contribution in [0.3, 0.4) is 0 Å². The molecular formula is C24H26N2O5. The van der Waals surface area contributed by atoms with Crippen LogP contribution in [0.1, 0.15) is 36.3 Å². The second-order valence-corrected chi connectivity index (χ2v) is 8.17. The van der Waals surface area contributed by atoms with Gasteiger partial charge in [0.05, 0.1) is 5.92 Å². The van der Waals surface area contributed by atoms with Gasteiger partial charge in [0.1, 0.15) is 6.61 Å². The van der Waals surface area contributed by atoms with Gasteiger partial charge in [0.25, 0.3) is 0 Å². The third-order valence-electron chi connectivity index (χ3n) is 6.36. The van der Waals surface area contributed by atoms with E-state index < -0.39 is 12.1 Å². The van der Waals surface area contributed by atoms with E-state index in [1.54, 1.807) is 11.9 Å². The maximum atomic E-state index is 12.3. The van der Waals surface area contributed by atoms with Gasteiger partial charge in [-0.2, -0.15) is 0 Å². The second-order valence-electron chi connectivity index (χ2n) is 8.17. The Morgan fingerprint density at radius 3 is 2.19 bits per heavy atom. The number of rotatable bonds is 7. The number of alkyl carbamates (subject to hydrolysis) is 1. The number of carboxylic acids is 1. The number of amides is 2. The Morgan fingerprint density at radius 2 is 1.61 bits per heavy atom. The SMILES string of the molecule is CN(C(=O)CCNC(=O)OCC1c2ccccc2-c2ccccc21)C1CC(C(=O)O)C1. The summed E-state index contributed by atoms with van der Waals surface area (Å²) in [7, 11) is 1.68. The van der Waals surface area contributed by atoms with E-state index in [-0.39, 0.29) is 43.4 Å². The van der Waals surface area contributed by atoms with E-state index in [4.69, 9.17) is 9.84 Å². The van der Waals surface area contributed by atoms with Crippen LogP contribution >= 0.6 is 0 Å². The molecule has 2 aromatic carbocycles. The van der Waals surface area contributed by atoms with Gasteiger partial charge in [-0.15, -0.1) is 0 Å². The zero-order valence-corrected chi connectivity index (χ0v) is 17.4. The minimum atomic E-state index is -0.811. The number of carboxylic acid groups (broad SMARTS) is 1. The fourth-order valence-electron chi connectivity index (χ4n) is 4.41. The topological polar surface area (TPSA) is 95.9 Å². The van der Waals surface area contributed by atoms with Crippen LogP contribution in [0.5, 0.6) is 0 Å². The van der Waals surface area contributed by atoms with Crippen molar-refractivity contribution in [1.82, 2.24) is 10.2 Å². The number of ether oxygens (including phenoxy) is 1. The average Bonchev–Trinajstić information content (AvgIpc) is 3.04. The number of nitrogens with zero attached hydrogens (tertiary/aromatic N) is 1. The Morgan fingerprint density at radius 1 is 1.03 bits per heavy atom. The van der Waals surface area contributed by atoms with Crippen molar-refractivity contribution in [1.29, 1.82) is 0 Å². The molecule has 2 amide bonds. The van der Waals surface area contributed by atoms with Crippen molar-refractivity contribution in [2.24, 2.45) is 5.92 Å². The highest BCUT2D eigenvalue weighted by Crippen LogP contribution is 2.44. The van der Waals surface area contributed by atoms with Gasteiger partial charge < -0.3 is 20.1 Å². The lowest BCUT2D eigenvalue weighted by Gasteiger charge is -2.39. The average molecular weight is 422 g/mol. The van der Waals surface area contributed by atoms with E-state index in [0.717, 1.165) is 11.1 Å². The summed E-state index contributed by atoms with van der Waals surface area (Å²) in [5.74, 6) is -1.30. The van der Waals surface area contributed by atoms with E-state index in [0.29, 0.717) is 12.8 Å². The molecule has 0 unspecified atom stereocenters. The van der Waals surface area contributed by atoms with Crippen molar-refractivity contribution < 1.29 is 24.2 Å². The molecule has 0 aromatic heterocycles. The van der Waals surface area contributed by atoms with Gasteiger partial charge in [0.15, 0.2) is 0 Å². The number of nitrogens with one attached hydrogen (secondary N) is 1. The lowest BCUT2D eigenvalue weighted by Crippen LogP contribution is -2.48. The molecule has 7 nitrogen and oxygen atoms in total. The van der Waals surface area contributed by atoms with Crippen LogP contribution in [0.4, 0.5) is 4.79 Å². The van der Waals surface area contributed by atoms with Gasteiger partial charge in [-0.25, -0.2) is 4.79 Å². The Balaban J connectivity index is 1.23. The Bertz CT molecular complexity index is 953.